The van der Waals surface area contributed by atoms with Crippen molar-refractivity contribution in [3.05, 3.63) is 78.0 Å². The zero-order valence-corrected chi connectivity index (χ0v) is 20.4. The van der Waals surface area contributed by atoms with Gasteiger partial charge in [-0.2, -0.15) is 13.2 Å². The molecule has 3 atom stereocenters. The number of rotatable bonds is 5. The quantitative estimate of drug-likeness (QED) is 0.357. The van der Waals surface area contributed by atoms with Gasteiger partial charge in [-0.25, -0.2) is 14.5 Å². The molecule has 4 aromatic rings. The van der Waals surface area contributed by atoms with E-state index in [-0.39, 0.29) is 18.1 Å². The number of nitrogens with zero attached hydrogens (tertiary/aromatic N) is 5. The minimum atomic E-state index is -4.51. The van der Waals surface area contributed by atoms with Crippen LogP contribution in [0, 0.1) is 0 Å². The maximum absolute atomic E-state index is 13.6. The first-order chi connectivity index (χ1) is 18.2. The molecule has 2 aliphatic heterocycles. The predicted molar refractivity (Wildman–Crippen MR) is 137 cm³/mol. The number of piperazine rings is 1. The van der Waals surface area contributed by atoms with Gasteiger partial charge >= 0.3 is 12.3 Å². The molecule has 0 unspecified atom stereocenters. The first kappa shape index (κ1) is 24.1. The Balaban J connectivity index is 1.40. The number of hydrogen-bond acceptors (Lipinski definition) is 5. The van der Waals surface area contributed by atoms with Crippen LogP contribution in [0.5, 0.6) is 0 Å². The molecule has 6 rings (SSSR count). The van der Waals surface area contributed by atoms with E-state index in [1.165, 1.54) is 15.6 Å². The lowest BCUT2D eigenvalue weighted by Crippen LogP contribution is -2.48. The number of halogens is 3. The van der Waals surface area contributed by atoms with Crippen LogP contribution in [0.1, 0.15) is 30.5 Å². The number of nitrogens with one attached hydrogen (secondary N) is 1. The van der Waals surface area contributed by atoms with Crippen molar-refractivity contribution in [1.82, 2.24) is 19.7 Å². The lowest BCUT2D eigenvalue weighted by Gasteiger charge is -2.32. The van der Waals surface area contributed by atoms with Crippen LogP contribution in [-0.4, -0.2) is 56.0 Å². The van der Waals surface area contributed by atoms with Crippen molar-refractivity contribution >= 4 is 28.6 Å². The number of fused-ring (bicyclic) bond motifs is 3. The first-order valence-corrected chi connectivity index (χ1v) is 12.3. The lowest BCUT2D eigenvalue weighted by atomic mass is 10.1. The number of carbonyl (C=O) groups is 1. The second-order valence-electron chi connectivity index (χ2n) is 9.77. The number of hydrogen-bond donors (Lipinski definition) is 2. The Morgan fingerprint density at radius 1 is 1.08 bits per heavy atom. The van der Waals surface area contributed by atoms with Gasteiger partial charge in [0.2, 0.25) is 0 Å². The van der Waals surface area contributed by atoms with Gasteiger partial charge in [-0.15, -0.1) is 5.10 Å². The Morgan fingerprint density at radius 2 is 1.87 bits per heavy atom. The normalized spacial score (nSPS) is 19.8. The Kier molecular flexibility index (Phi) is 5.66. The molecule has 2 fully saturated rings. The highest BCUT2D eigenvalue weighted by Gasteiger charge is 2.46. The zero-order valence-electron chi connectivity index (χ0n) is 20.4. The van der Waals surface area contributed by atoms with E-state index in [0.717, 1.165) is 17.7 Å². The fourth-order valence-electron chi connectivity index (χ4n) is 5.52. The molecule has 2 aliphatic rings. The summed E-state index contributed by atoms with van der Waals surface area (Å²) in [5, 5.41) is 18.2. The first-order valence-electron chi connectivity index (χ1n) is 12.3. The molecular weight excluding hydrogens is 497 g/mol. The van der Waals surface area contributed by atoms with E-state index in [0.29, 0.717) is 47.7 Å². The number of benzene rings is 2. The molecule has 2 saturated heterocycles. The average Bonchev–Trinajstić information content (AvgIpc) is 3.61. The monoisotopic (exact) mass is 522 g/mol. The molecule has 2 aromatic carbocycles. The van der Waals surface area contributed by atoms with Crippen LogP contribution in [0.25, 0.3) is 16.6 Å². The second kappa shape index (κ2) is 8.93. The molecule has 0 aliphatic carbocycles. The molecule has 4 heterocycles. The van der Waals surface area contributed by atoms with E-state index < -0.39 is 17.8 Å². The van der Waals surface area contributed by atoms with Crippen molar-refractivity contribution in [3.63, 3.8) is 0 Å². The molecule has 2 N–H and O–H groups in total. The third kappa shape index (κ3) is 4.17. The summed E-state index contributed by atoms with van der Waals surface area (Å²) < 4.78 is 42.5. The molecule has 0 saturated carbocycles. The number of aromatic nitrogens is 3. The minimum Gasteiger partial charge on any atom is -0.465 e. The van der Waals surface area contributed by atoms with Crippen LogP contribution in [0.4, 0.5) is 29.6 Å². The summed E-state index contributed by atoms with van der Waals surface area (Å²) in [6.45, 7) is 2.79. The lowest BCUT2D eigenvalue weighted by molar-refractivity contribution is -0.137. The topological polar surface area (TPSA) is 86.5 Å². The van der Waals surface area contributed by atoms with E-state index in [1.54, 1.807) is 18.3 Å². The number of carboxylic acid groups (broad SMARTS) is 1. The van der Waals surface area contributed by atoms with Crippen LogP contribution in [-0.2, 0) is 6.18 Å². The summed E-state index contributed by atoms with van der Waals surface area (Å²) in [4.78, 5) is 19.4. The van der Waals surface area contributed by atoms with Gasteiger partial charge in [0.25, 0.3) is 0 Å². The summed E-state index contributed by atoms with van der Waals surface area (Å²) in [6.07, 6.45) is -3.20. The van der Waals surface area contributed by atoms with Gasteiger partial charge in [0, 0.05) is 36.8 Å². The number of amides is 1. The number of pyridine rings is 1. The second-order valence-corrected chi connectivity index (χ2v) is 9.77. The van der Waals surface area contributed by atoms with Gasteiger partial charge in [0.1, 0.15) is 5.82 Å². The van der Waals surface area contributed by atoms with Crippen LogP contribution >= 0.6 is 0 Å². The van der Waals surface area contributed by atoms with Crippen molar-refractivity contribution in [2.45, 2.75) is 37.6 Å². The number of anilines is 2. The molecule has 8 nitrogen and oxygen atoms in total. The highest BCUT2D eigenvalue weighted by Crippen LogP contribution is 2.40. The summed E-state index contributed by atoms with van der Waals surface area (Å²) >= 11 is 0. The molecule has 2 aromatic heterocycles. The van der Waals surface area contributed by atoms with Crippen LogP contribution in [0.15, 0.2) is 66.9 Å². The Hall–Kier alpha value is -4.28. The van der Waals surface area contributed by atoms with Crippen molar-refractivity contribution in [2.24, 2.45) is 0 Å². The molecule has 196 valence electrons. The van der Waals surface area contributed by atoms with Gasteiger partial charge in [-0.05, 0) is 43.2 Å². The van der Waals surface area contributed by atoms with Gasteiger partial charge in [-0.3, -0.25) is 0 Å². The van der Waals surface area contributed by atoms with E-state index >= 15 is 0 Å². The predicted octanol–water partition coefficient (Wildman–Crippen LogP) is 5.55. The highest BCUT2D eigenvalue weighted by atomic mass is 19.4. The largest absolute Gasteiger partial charge is 0.465 e. The molecular formula is C27H25F3N6O2. The van der Waals surface area contributed by atoms with E-state index in [4.69, 9.17) is 5.10 Å². The smallest absolute Gasteiger partial charge is 0.416 e. The molecule has 38 heavy (non-hydrogen) atoms. The Labute approximate surface area is 216 Å². The molecule has 2 bridgehead atoms. The van der Waals surface area contributed by atoms with Crippen molar-refractivity contribution in [3.8, 4) is 5.69 Å². The summed E-state index contributed by atoms with van der Waals surface area (Å²) in [6, 6.07) is 16.7. The molecule has 1 amide bonds. The summed E-state index contributed by atoms with van der Waals surface area (Å²) in [5.74, 6) is 1.11. The van der Waals surface area contributed by atoms with Crippen molar-refractivity contribution in [2.75, 3.05) is 23.3 Å². The maximum Gasteiger partial charge on any atom is 0.416 e. The van der Waals surface area contributed by atoms with E-state index in [1.807, 2.05) is 42.2 Å². The molecule has 0 spiro atoms. The third-order valence-corrected chi connectivity index (χ3v) is 7.40. The van der Waals surface area contributed by atoms with Crippen LogP contribution in [0.2, 0.25) is 0 Å². The molecule has 0 radical (unpaired) electrons. The van der Waals surface area contributed by atoms with Gasteiger partial charge < -0.3 is 20.2 Å². The van der Waals surface area contributed by atoms with Gasteiger partial charge in [-0.1, -0.05) is 30.3 Å². The fraction of sp³-hybridized carbons (Fsp3) is 0.296. The zero-order chi connectivity index (χ0) is 26.6. The SMILES string of the molecule is C[C@H](Nc1cc(-n2nc(N3C[C@@H]4C[C@H]3CN4C(=O)O)c3ccc(C(F)(F)F)cc32)ccn1)c1ccccc1. The summed E-state index contributed by atoms with van der Waals surface area (Å²) in [5.41, 5.74) is 1.19. The fourth-order valence-corrected chi connectivity index (χ4v) is 5.52. The van der Waals surface area contributed by atoms with Crippen LogP contribution in [0.3, 0.4) is 0 Å². The minimum absolute atomic E-state index is 0.0435. The third-order valence-electron chi connectivity index (χ3n) is 7.40. The van der Waals surface area contributed by atoms with Crippen molar-refractivity contribution < 1.29 is 23.1 Å². The molecule has 11 heteroatoms. The average molecular weight is 523 g/mol. The number of alkyl halides is 3. The summed E-state index contributed by atoms with van der Waals surface area (Å²) in [7, 11) is 0. The standard InChI is InChI=1S/C27H25F3N6O2/c1-16(17-5-3-2-4-6-17)32-24-13-19(9-10-31-24)36-23-11-18(27(28,29)30)7-8-22(23)25(33-36)34-14-21-12-20(34)15-35(21)26(37)38/h2-11,13,16,20-21H,12,14-15H2,1H3,(H,31,32)(H,37,38)/t16-,20-,21-/m0/s1. The van der Waals surface area contributed by atoms with E-state index in [9.17, 15) is 23.1 Å². The highest BCUT2D eigenvalue weighted by molar-refractivity contribution is 5.93. The maximum atomic E-state index is 13.6. The number of likely N-dealkylation sites (tertiary alicyclic amines) is 1. The Morgan fingerprint density at radius 3 is 2.55 bits per heavy atom. The van der Waals surface area contributed by atoms with Crippen LogP contribution < -0.4 is 10.2 Å². The Bertz CT molecular complexity index is 1510. The van der Waals surface area contributed by atoms with Gasteiger partial charge in [0.05, 0.1) is 28.9 Å². The van der Waals surface area contributed by atoms with Gasteiger partial charge in [0.15, 0.2) is 5.82 Å². The van der Waals surface area contributed by atoms with Crippen molar-refractivity contribution in [1.29, 1.82) is 0 Å². The van der Waals surface area contributed by atoms with E-state index in [2.05, 4.69) is 10.3 Å².